The normalized spacial score (nSPS) is 28.3. The van der Waals surface area contributed by atoms with Gasteiger partial charge in [-0.05, 0) is 12.2 Å². The Labute approximate surface area is 103 Å². The first kappa shape index (κ1) is 13.0. The van der Waals surface area contributed by atoms with Crippen LogP contribution in [0.25, 0.3) is 0 Å². The molecule has 2 unspecified atom stereocenters. The van der Waals surface area contributed by atoms with Crippen LogP contribution in [0.1, 0.15) is 11.6 Å². The molecular weight excluding hydrogens is 275 g/mol. The average Bonchev–Trinajstić information content (AvgIpc) is 2.63. The molecule has 0 spiro atoms. The Morgan fingerprint density at radius 3 is 2.50 bits per heavy atom. The van der Waals surface area contributed by atoms with E-state index < -0.39 is 23.6 Å². The topological polar surface area (TPSA) is 38.9 Å². The van der Waals surface area contributed by atoms with E-state index in [1.54, 1.807) is 0 Å². The van der Waals surface area contributed by atoms with Crippen molar-refractivity contribution in [3.63, 3.8) is 0 Å². The molecule has 18 heavy (non-hydrogen) atoms. The molecule has 0 saturated carbocycles. The Kier molecular flexibility index (Phi) is 2.92. The lowest BCUT2D eigenvalue weighted by Gasteiger charge is -2.26. The summed E-state index contributed by atoms with van der Waals surface area (Å²) in [5.74, 6) is -2.35. The van der Waals surface area contributed by atoms with Gasteiger partial charge in [-0.3, -0.25) is 0 Å². The largest absolute Gasteiger partial charge is 0.429 e. The first-order valence-corrected chi connectivity index (χ1v) is 5.65. The number of hydrogen-bond donors (Lipinski definition) is 1. The summed E-state index contributed by atoms with van der Waals surface area (Å²) in [7, 11) is 0. The summed E-state index contributed by atoms with van der Waals surface area (Å²) in [5, 5.41) is 1.58. The van der Waals surface area contributed by atoms with Gasteiger partial charge in [-0.15, -0.1) is 11.3 Å². The van der Waals surface area contributed by atoms with E-state index >= 15 is 0 Å². The van der Waals surface area contributed by atoms with Crippen molar-refractivity contribution in [3.8, 4) is 0 Å². The maximum Gasteiger partial charge on any atom is 0.429 e. The van der Waals surface area contributed by atoms with Crippen molar-refractivity contribution >= 4 is 16.5 Å². The summed E-state index contributed by atoms with van der Waals surface area (Å²) in [5.41, 5.74) is 1.73. The van der Waals surface area contributed by atoms with E-state index in [4.69, 9.17) is 5.73 Å². The van der Waals surface area contributed by atoms with Crippen molar-refractivity contribution in [2.24, 2.45) is 0 Å². The van der Waals surface area contributed by atoms with E-state index in [0.29, 0.717) is 0 Å². The molecule has 1 aliphatic carbocycles. The van der Waals surface area contributed by atoms with Gasteiger partial charge in [-0.2, -0.15) is 13.2 Å². The molecule has 0 saturated heterocycles. The number of hydrogen-bond acceptors (Lipinski definition) is 3. The highest BCUT2D eigenvalue weighted by atomic mass is 32.1. The number of nitrogens with zero attached hydrogens (tertiary/aromatic N) is 1. The molecule has 1 heterocycles. The third kappa shape index (κ3) is 2.12. The summed E-state index contributed by atoms with van der Waals surface area (Å²) < 4.78 is 64.1. The summed E-state index contributed by atoms with van der Waals surface area (Å²) in [4.78, 5) is 3.76. The van der Waals surface area contributed by atoms with E-state index in [0.717, 1.165) is 17.4 Å². The van der Waals surface area contributed by atoms with Gasteiger partial charge in [0.05, 0.1) is 11.6 Å². The molecule has 0 fully saturated rings. The number of alkyl halides is 4. The first-order valence-electron chi connectivity index (χ1n) is 4.77. The second-order valence-electron chi connectivity index (χ2n) is 3.74. The highest BCUT2D eigenvalue weighted by Crippen LogP contribution is 2.43. The fraction of sp³-hybridized carbons (Fsp3) is 0.300. The van der Waals surface area contributed by atoms with Crippen molar-refractivity contribution in [2.75, 3.05) is 5.73 Å². The minimum atomic E-state index is -5.19. The molecule has 1 aromatic rings. The zero-order chi connectivity index (χ0) is 13.6. The van der Waals surface area contributed by atoms with Crippen LogP contribution in [0.2, 0.25) is 0 Å². The Bertz CT molecular complexity index is 519. The van der Waals surface area contributed by atoms with Crippen molar-refractivity contribution < 1.29 is 22.0 Å². The molecule has 98 valence electrons. The molecule has 0 aromatic carbocycles. The summed E-state index contributed by atoms with van der Waals surface area (Å²) in [6.45, 7) is 0. The van der Waals surface area contributed by atoms with E-state index in [9.17, 15) is 22.0 Å². The minimum Gasteiger partial charge on any atom is -0.375 e. The third-order valence-corrected chi connectivity index (χ3v) is 3.16. The molecule has 2 atom stereocenters. The second-order valence-corrected chi connectivity index (χ2v) is 4.63. The number of aromatic nitrogens is 1. The Morgan fingerprint density at radius 2 is 2.06 bits per heavy atom. The summed E-state index contributed by atoms with van der Waals surface area (Å²) in [6.07, 6.45) is -4.17. The van der Waals surface area contributed by atoms with Gasteiger partial charge in [-0.1, -0.05) is 6.08 Å². The fourth-order valence-corrected chi connectivity index (χ4v) is 2.13. The molecule has 0 aliphatic heterocycles. The standard InChI is InChI=1S/C10H7F5N2S/c11-6-3-9(12,10(13,14)15)2-1-5(6)7-4-18-8(16)17-7/h1-5H,(H2,16,17). The van der Waals surface area contributed by atoms with Gasteiger partial charge in [0.1, 0.15) is 5.83 Å². The number of halogens is 5. The lowest BCUT2D eigenvalue weighted by molar-refractivity contribution is -0.195. The zero-order valence-corrected chi connectivity index (χ0v) is 9.53. The van der Waals surface area contributed by atoms with Crippen LogP contribution in [0.3, 0.4) is 0 Å². The first-order chi connectivity index (χ1) is 8.23. The summed E-state index contributed by atoms with van der Waals surface area (Å²) in [6, 6.07) is 0. The molecule has 0 radical (unpaired) electrons. The predicted molar refractivity (Wildman–Crippen MR) is 57.5 cm³/mol. The molecule has 2 nitrogen and oxygen atoms in total. The SMILES string of the molecule is Nc1nc(C2C=CC(F)(C(F)(F)F)C=C2F)cs1. The number of nitrogen functional groups attached to an aromatic ring is 1. The van der Waals surface area contributed by atoms with Crippen LogP contribution in [-0.2, 0) is 0 Å². The van der Waals surface area contributed by atoms with Crippen molar-refractivity contribution in [1.29, 1.82) is 0 Å². The van der Waals surface area contributed by atoms with Gasteiger partial charge in [0.2, 0.25) is 5.67 Å². The van der Waals surface area contributed by atoms with Crippen LogP contribution in [0.4, 0.5) is 27.1 Å². The highest BCUT2D eigenvalue weighted by molar-refractivity contribution is 7.13. The van der Waals surface area contributed by atoms with Crippen LogP contribution in [0.5, 0.6) is 0 Å². The predicted octanol–water partition coefficient (Wildman–Crippen LogP) is 3.50. The maximum atomic E-state index is 13.6. The maximum absolute atomic E-state index is 13.6. The van der Waals surface area contributed by atoms with Gasteiger partial charge >= 0.3 is 6.18 Å². The van der Waals surface area contributed by atoms with Crippen LogP contribution < -0.4 is 5.73 Å². The average molecular weight is 282 g/mol. The van der Waals surface area contributed by atoms with Gasteiger partial charge in [-0.25, -0.2) is 13.8 Å². The Morgan fingerprint density at radius 1 is 1.39 bits per heavy atom. The smallest absolute Gasteiger partial charge is 0.375 e. The Hall–Kier alpha value is -1.44. The third-order valence-electron chi connectivity index (χ3n) is 2.47. The second kappa shape index (κ2) is 4.04. The van der Waals surface area contributed by atoms with Gasteiger partial charge in [0.25, 0.3) is 0 Å². The highest BCUT2D eigenvalue weighted by Gasteiger charge is 2.54. The zero-order valence-electron chi connectivity index (χ0n) is 8.71. The number of allylic oxidation sites excluding steroid dienone is 4. The molecule has 8 heteroatoms. The van der Waals surface area contributed by atoms with Crippen molar-refractivity contribution in [3.05, 3.63) is 35.1 Å². The van der Waals surface area contributed by atoms with Gasteiger partial charge in [0.15, 0.2) is 5.13 Å². The van der Waals surface area contributed by atoms with E-state index in [1.165, 1.54) is 5.38 Å². The van der Waals surface area contributed by atoms with Gasteiger partial charge in [0, 0.05) is 5.38 Å². The van der Waals surface area contributed by atoms with Crippen LogP contribution >= 0.6 is 11.3 Å². The lowest BCUT2D eigenvalue weighted by Crippen LogP contribution is -2.38. The van der Waals surface area contributed by atoms with Crippen LogP contribution in [-0.4, -0.2) is 16.8 Å². The molecule has 1 aromatic heterocycles. The van der Waals surface area contributed by atoms with Gasteiger partial charge < -0.3 is 5.73 Å². The fourth-order valence-electron chi connectivity index (χ4n) is 1.53. The van der Waals surface area contributed by atoms with Crippen molar-refractivity contribution in [1.82, 2.24) is 4.98 Å². The minimum absolute atomic E-state index is 0.0762. The number of nitrogens with two attached hydrogens (primary N) is 1. The molecule has 1 aliphatic rings. The molecular formula is C10H7F5N2S. The number of rotatable bonds is 1. The quantitative estimate of drug-likeness (QED) is 0.632. The van der Waals surface area contributed by atoms with E-state index in [1.807, 2.05) is 0 Å². The molecule has 0 bridgehead atoms. The van der Waals surface area contributed by atoms with Crippen LogP contribution in [0.15, 0.2) is 29.4 Å². The van der Waals surface area contributed by atoms with Crippen molar-refractivity contribution in [2.45, 2.75) is 17.8 Å². The van der Waals surface area contributed by atoms with Crippen LogP contribution in [0, 0.1) is 0 Å². The summed E-state index contributed by atoms with van der Waals surface area (Å²) >= 11 is 1.03. The van der Waals surface area contributed by atoms with E-state index in [2.05, 4.69) is 4.98 Å². The number of thiazole rings is 1. The monoisotopic (exact) mass is 282 g/mol. The Balaban J connectivity index is 2.33. The molecule has 2 rings (SSSR count). The molecule has 2 N–H and O–H groups in total. The molecule has 0 amide bonds. The number of anilines is 1. The lowest BCUT2D eigenvalue weighted by atomic mass is 9.91. The van der Waals surface area contributed by atoms with E-state index in [-0.39, 0.29) is 23.0 Å².